The van der Waals surface area contributed by atoms with Crippen LogP contribution < -0.4 is 10.1 Å². The molecule has 0 unspecified atom stereocenters. The van der Waals surface area contributed by atoms with E-state index in [0.717, 1.165) is 22.0 Å². The van der Waals surface area contributed by atoms with Crippen LogP contribution in [0, 0.1) is 0 Å². The summed E-state index contributed by atoms with van der Waals surface area (Å²) in [5, 5.41) is 3.00. The standard InChI is InChI=1S/C31H37BrN2O3/c1-5-19-33-30(36)28(20-23-9-7-6-8-10-23)34(21-24-11-15-26(32)16-12-24)29(35)22-37-27-17-13-25(14-18-27)31(2,3)4/h6-18,28H,5,19-22H2,1-4H3,(H,33,36)/t28-/m0/s1. The molecule has 3 aromatic carbocycles. The van der Waals surface area contributed by atoms with Crippen molar-refractivity contribution >= 4 is 27.7 Å². The predicted octanol–water partition coefficient (Wildman–Crippen LogP) is 6.29. The smallest absolute Gasteiger partial charge is 0.261 e. The number of benzene rings is 3. The molecule has 0 radical (unpaired) electrons. The molecule has 0 aliphatic heterocycles. The van der Waals surface area contributed by atoms with Crippen molar-refractivity contribution < 1.29 is 14.3 Å². The molecular weight excluding hydrogens is 528 g/mol. The molecule has 0 saturated carbocycles. The number of carbonyl (C=O) groups excluding carboxylic acids is 2. The number of halogens is 1. The Kier molecular flexibility index (Phi) is 10.3. The average molecular weight is 566 g/mol. The highest BCUT2D eigenvalue weighted by atomic mass is 79.9. The molecule has 0 heterocycles. The van der Waals surface area contributed by atoms with Crippen molar-refractivity contribution in [2.24, 2.45) is 0 Å². The third-order valence-corrected chi connectivity index (χ3v) is 6.70. The number of carbonyl (C=O) groups is 2. The molecule has 1 N–H and O–H groups in total. The van der Waals surface area contributed by atoms with E-state index in [9.17, 15) is 9.59 Å². The molecule has 0 fully saturated rings. The van der Waals surface area contributed by atoms with Crippen LogP contribution in [-0.2, 0) is 28.0 Å². The van der Waals surface area contributed by atoms with E-state index in [1.165, 1.54) is 5.56 Å². The zero-order chi connectivity index (χ0) is 26.8. The van der Waals surface area contributed by atoms with Gasteiger partial charge in [0, 0.05) is 24.0 Å². The largest absolute Gasteiger partial charge is 0.484 e. The van der Waals surface area contributed by atoms with Crippen LogP contribution in [0.3, 0.4) is 0 Å². The molecule has 37 heavy (non-hydrogen) atoms. The summed E-state index contributed by atoms with van der Waals surface area (Å²) in [6.45, 7) is 9.18. The first-order chi connectivity index (χ1) is 17.7. The second-order valence-corrected chi connectivity index (χ2v) is 11.1. The van der Waals surface area contributed by atoms with E-state index in [1.807, 2.05) is 85.8 Å². The summed E-state index contributed by atoms with van der Waals surface area (Å²) in [6.07, 6.45) is 1.23. The van der Waals surface area contributed by atoms with Gasteiger partial charge in [0.25, 0.3) is 5.91 Å². The lowest BCUT2D eigenvalue weighted by Gasteiger charge is -2.31. The molecule has 3 aromatic rings. The number of amides is 2. The van der Waals surface area contributed by atoms with Crippen molar-refractivity contribution in [1.82, 2.24) is 10.2 Å². The van der Waals surface area contributed by atoms with Crippen molar-refractivity contribution in [3.05, 3.63) is 100 Å². The van der Waals surface area contributed by atoms with Gasteiger partial charge in [0.1, 0.15) is 11.8 Å². The molecule has 196 valence electrons. The quantitative estimate of drug-likeness (QED) is 0.297. The van der Waals surface area contributed by atoms with Crippen molar-refractivity contribution in [1.29, 1.82) is 0 Å². The van der Waals surface area contributed by atoms with E-state index in [2.05, 4.69) is 42.0 Å². The van der Waals surface area contributed by atoms with Crippen LogP contribution in [-0.4, -0.2) is 35.9 Å². The van der Waals surface area contributed by atoms with Crippen LogP contribution in [0.2, 0.25) is 0 Å². The van der Waals surface area contributed by atoms with Gasteiger partial charge >= 0.3 is 0 Å². The summed E-state index contributed by atoms with van der Waals surface area (Å²) < 4.78 is 6.86. The minimum Gasteiger partial charge on any atom is -0.484 e. The molecule has 5 nitrogen and oxygen atoms in total. The molecule has 3 rings (SSSR count). The van der Waals surface area contributed by atoms with Crippen LogP contribution in [0.1, 0.15) is 50.8 Å². The fourth-order valence-electron chi connectivity index (χ4n) is 3.99. The lowest BCUT2D eigenvalue weighted by atomic mass is 9.87. The van der Waals surface area contributed by atoms with E-state index in [4.69, 9.17) is 4.74 Å². The number of hydrogen-bond acceptors (Lipinski definition) is 3. The van der Waals surface area contributed by atoms with Crippen LogP contribution in [0.25, 0.3) is 0 Å². The summed E-state index contributed by atoms with van der Waals surface area (Å²) in [4.78, 5) is 28.6. The SMILES string of the molecule is CCCNC(=O)[C@H](Cc1ccccc1)N(Cc1ccc(Br)cc1)C(=O)COc1ccc(C(C)(C)C)cc1. The van der Waals surface area contributed by atoms with Crippen LogP contribution in [0.5, 0.6) is 5.75 Å². The summed E-state index contributed by atoms with van der Waals surface area (Å²) in [6, 6.07) is 24.8. The van der Waals surface area contributed by atoms with Crippen LogP contribution in [0.15, 0.2) is 83.3 Å². The summed E-state index contributed by atoms with van der Waals surface area (Å²) in [7, 11) is 0. The monoisotopic (exact) mass is 564 g/mol. The molecule has 0 aliphatic carbocycles. The fourth-order valence-corrected chi connectivity index (χ4v) is 4.25. The van der Waals surface area contributed by atoms with Gasteiger partial charge in [-0.25, -0.2) is 0 Å². The maximum Gasteiger partial charge on any atom is 0.261 e. The maximum absolute atomic E-state index is 13.6. The Labute approximate surface area is 229 Å². The molecule has 0 saturated heterocycles. The number of rotatable bonds is 11. The predicted molar refractivity (Wildman–Crippen MR) is 153 cm³/mol. The molecule has 0 bridgehead atoms. The van der Waals surface area contributed by atoms with Gasteiger partial charge < -0.3 is 15.0 Å². The minimum absolute atomic E-state index is 0.0341. The number of ether oxygens (including phenoxy) is 1. The number of hydrogen-bond donors (Lipinski definition) is 1. The van der Waals surface area contributed by atoms with Gasteiger partial charge in [-0.3, -0.25) is 9.59 Å². The Hall–Kier alpha value is -3.12. The van der Waals surface area contributed by atoms with Gasteiger partial charge in [0.05, 0.1) is 0 Å². The van der Waals surface area contributed by atoms with E-state index < -0.39 is 6.04 Å². The van der Waals surface area contributed by atoms with Crippen molar-refractivity contribution in [2.45, 2.75) is 58.5 Å². The average Bonchev–Trinajstić information content (AvgIpc) is 2.89. The first-order valence-electron chi connectivity index (χ1n) is 12.8. The number of nitrogens with zero attached hydrogens (tertiary/aromatic N) is 1. The summed E-state index contributed by atoms with van der Waals surface area (Å²) in [5.74, 6) is 0.223. The van der Waals surface area contributed by atoms with E-state index in [-0.39, 0.29) is 23.8 Å². The van der Waals surface area contributed by atoms with Gasteiger partial charge in [-0.2, -0.15) is 0 Å². The Morgan fingerprint density at radius 3 is 2.16 bits per heavy atom. The highest BCUT2D eigenvalue weighted by Gasteiger charge is 2.30. The van der Waals surface area contributed by atoms with Gasteiger partial charge in [0.2, 0.25) is 5.91 Å². The van der Waals surface area contributed by atoms with E-state index in [0.29, 0.717) is 25.3 Å². The summed E-state index contributed by atoms with van der Waals surface area (Å²) in [5.41, 5.74) is 3.16. The van der Waals surface area contributed by atoms with Crippen LogP contribution in [0.4, 0.5) is 0 Å². The Balaban J connectivity index is 1.85. The third kappa shape index (κ3) is 8.74. The van der Waals surface area contributed by atoms with Crippen molar-refractivity contribution in [2.75, 3.05) is 13.2 Å². The van der Waals surface area contributed by atoms with E-state index in [1.54, 1.807) is 4.90 Å². The Morgan fingerprint density at radius 2 is 1.57 bits per heavy atom. The third-order valence-electron chi connectivity index (χ3n) is 6.17. The highest BCUT2D eigenvalue weighted by Crippen LogP contribution is 2.24. The van der Waals surface area contributed by atoms with Crippen molar-refractivity contribution in [3.8, 4) is 5.75 Å². The van der Waals surface area contributed by atoms with Gasteiger partial charge in [0.15, 0.2) is 6.61 Å². The minimum atomic E-state index is -0.669. The van der Waals surface area contributed by atoms with Gasteiger partial charge in [-0.1, -0.05) is 98.2 Å². The number of nitrogens with one attached hydrogen (secondary N) is 1. The second-order valence-electron chi connectivity index (χ2n) is 10.2. The highest BCUT2D eigenvalue weighted by molar-refractivity contribution is 9.10. The molecule has 1 atom stereocenters. The lowest BCUT2D eigenvalue weighted by molar-refractivity contribution is -0.142. The maximum atomic E-state index is 13.6. The molecule has 0 spiro atoms. The van der Waals surface area contributed by atoms with Crippen LogP contribution >= 0.6 is 15.9 Å². The van der Waals surface area contributed by atoms with Gasteiger partial charge in [-0.05, 0) is 52.8 Å². The topological polar surface area (TPSA) is 58.6 Å². The Morgan fingerprint density at radius 1 is 0.919 bits per heavy atom. The summed E-state index contributed by atoms with van der Waals surface area (Å²) >= 11 is 3.47. The molecule has 0 aromatic heterocycles. The zero-order valence-corrected chi connectivity index (χ0v) is 23.8. The van der Waals surface area contributed by atoms with Gasteiger partial charge in [-0.15, -0.1) is 0 Å². The van der Waals surface area contributed by atoms with E-state index >= 15 is 0 Å². The molecule has 2 amide bonds. The molecule has 6 heteroatoms. The lowest BCUT2D eigenvalue weighted by Crippen LogP contribution is -2.51. The first kappa shape index (κ1) is 28.5. The van der Waals surface area contributed by atoms with Crippen molar-refractivity contribution in [3.63, 3.8) is 0 Å². The second kappa shape index (κ2) is 13.4. The molecule has 0 aliphatic rings. The first-order valence-corrected chi connectivity index (χ1v) is 13.6. The fraction of sp³-hybridized carbons (Fsp3) is 0.355. The normalized spacial score (nSPS) is 12.0. The zero-order valence-electron chi connectivity index (χ0n) is 22.2. The molecular formula is C31H37BrN2O3. The Bertz CT molecular complexity index is 1140.